The van der Waals surface area contributed by atoms with Crippen molar-refractivity contribution in [1.29, 1.82) is 0 Å². The van der Waals surface area contributed by atoms with Gasteiger partial charge in [0.15, 0.2) is 0 Å². The minimum Gasteiger partial charge on any atom is -0.361 e. The number of thiazole rings is 1. The Bertz CT molecular complexity index is 1840. The zero-order chi connectivity index (χ0) is 39.5. The SMILES string of the molecule is CC(=O)NCCCC(=O)N1CCN(C)C(=O)[C@H](C)NC(=O)CN(C)C(=O)[C@@H](Cc2c[nH]c3ccccc23)NC(=O)c2csc(n2)[C@H](CC(C)C)NC(=O)C1. The number of carbonyl (C=O) groups excluding carboxylic acids is 7. The molecule has 0 spiro atoms. The Labute approximate surface area is 318 Å². The predicted molar refractivity (Wildman–Crippen MR) is 203 cm³/mol. The van der Waals surface area contributed by atoms with E-state index in [4.69, 9.17) is 0 Å². The van der Waals surface area contributed by atoms with Gasteiger partial charge >= 0.3 is 0 Å². The topological polar surface area (TPSA) is 206 Å². The summed E-state index contributed by atoms with van der Waals surface area (Å²) in [6, 6.07) is 4.95. The van der Waals surface area contributed by atoms with E-state index in [1.54, 1.807) is 11.6 Å². The van der Waals surface area contributed by atoms with Gasteiger partial charge in [0, 0.05) is 76.0 Å². The molecule has 2 bridgehead atoms. The number of nitrogens with zero attached hydrogens (tertiary/aromatic N) is 4. The van der Waals surface area contributed by atoms with Gasteiger partial charge in [-0.1, -0.05) is 32.0 Å². The van der Waals surface area contributed by atoms with Crippen LogP contribution in [0.15, 0.2) is 35.8 Å². The number of benzene rings is 1. The smallest absolute Gasteiger partial charge is 0.271 e. The fourth-order valence-corrected chi connectivity index (χ4v) is 7.05. The van der Waals surface area contributed by atoms with Crippen LogP contribution in [0.1, 0.15) is 74.1 Å². The van der Waals surface area contributed by atoms with E-state index < -0.39 is 47.7 Å². The highest BCUT2D eigenvalue weighted by atomic mass is 32.1. The number of amides is 7. The molecule has 7 amide bonds. The monoisotopic (exact) mass is 765 g/mol. The first-order valence-electron chi connectivity index (χ1n) is 18.0. The van der Waals surface area contributed by atoms with Gasteiger partial charge in [0.2, 0.25) is 35.4 Å². The summed E-state index contributed by atoms with van der Waals surface area (Å²) in [5.41, 5.74) is 1.71. The number of likely N-dealkylation sites (N-methyl/N-ethyl adjacent to an activating group) is 2. The van der Waals surface area contributed by atoms with Crippen molar-refractivity contribution >= 4 is 63.6 Å². The number of fused-ring (bicyclic) bond motifs is 3. The standard InChI is InChI=1S/C37H51N9O7S/c1-22(2)16-28-35-43-30(21-54-35)34(51)42-29(17-25-18-39-27-11-8-7-10-26(25)27)37(53)45(6)19-31(48)40-23(3)36(52)44(5)14-15-46(20-32(49)41-28)33(50)12-9-13-38-24(4)47/h7-8,10-11,18,21-23,28-29,39H,9,12-17,19-20H2,1-6H3,(H,38,47)(H,40,48)(H,41,49)(H,42,51)/t23-,28-,29+/m0/s1. The minimum atomic E-state index is -1.08. The molecule has 0 radical (unpaired) electrons. The fraction of sp³-hybridized carbons (Fsp3) is 0.514. The molecule has 17 heteroatoms. The highest BCUT2D eigenvalue weighted by Crippen LogP contribution is 2.25. The number of hydrogen-bond acceptors (Lipinski definition) is 9. The van der Waals surface area contributed by atoms with Crippen LogP contribution < -0.4 is 21.3 Å². The molecule has 1 aliphatic heterocycles. The average Bonchev–Trinajstić information content (AvgIpc) is 3.78. The first-order valence-corrected chi connectivity index (χ1v) is 18.9. The van der Waals surface area contributed by atoms with Crippen molar-refractivity contribution in [1.82, 2.24) is 45.9 Å². The van der Waals surface area contributed by atoms with Crippen LogP contribution >= 0.6 is 11.3 Å². The lowest BCUT2D eigenvalue weighted by Gasteiger charge is -2.28. The van der Waals surface area contributed by atoms with Crippen molar-refractivity contribution in [2.24, 2.45) is 5.92 Å². The molecule has 0 aliphatic carbocycles. The number of hydrogen-bond donors (Lipinski definition) is 5. The number of rotatable bonds is 8. The molecule has 5 N–H and O–H groups in total. The van der Waals surface area contributed by atoms with Crippen molar-refractivity contribution in [3.05, 3.63) is 52.1 Å². The van der Waals surface area contributed by atoms with Crippen LogP contribution in [-0.2, 0) is 35.2 Å². The van der Waals surface area contributed by atoms with Crippen LogP contribution in [0, 0.1) is 5.92 Å². The van der Waals surface area contributed by atoms with Crippen LogP contribution in [0.25, 0.3) is 10.9 Å². The van der Waals surface area contributed by atoms with E-state index in [0.29, 0.717) is 17.8 Å². The quantitative estimate of drug-likeness (QED) is 0.211. The highest BCUT2D eigenvalue weighted by Gasteiger charge is 2.30. The summed E-state index contributed by atoms with van der Waals surface area (Å²) in [6.45, 7) is 6.58. The Hall–Kier alpha value is -5.32. The summed E-state index contributed by atoms with van der Waals surface area (Å²) in [5, 5.41) is 14.0. The Kier molecular flexibility index (Phi) is 14.7. The maximum atomic E-state index is 13.9. The Morgan fingerprint density at radius 2 is 1.67 bits per heavy atom. The summed E-state index contributed by atoms with van der Waals surface area (Å²) in [4.78, 5) is 104. The average molecular weight is 766 g/mol. The lowest BCUT2D eigenvalue weighted by molar-refractivity contribution is -0.139. The fourth-order valence-electron chi connectivity index (χ4n) is 6.18. The van der Waals surface area contributed by atoms with E-state index in [0.717, 1.165) is 16.5 Å². The van der Waals surface area contributed by atoms with Gasteiger partial charge in [0.25, 0.3) is 5.91 Å². The first-order chi connectivity index (χ1) is 25.6. The maximum absolute atomic E-state index is 13.9. The molecule has 0 saturated carbocycles. The molecule has 292 valence electrons. The molecule has 2 aromatic heterocycles. The molecule has 3 aromatic rings. The molecule has 1 aliphatic rings. The van der Waals surface area contributed by atoms with Gasteiger partial charge in [0.05, 0.1) is 19.1 Å². The van der Waals surface area contributed by atoms with Crippen molar-refractivity contribution in [3.63, 3.8) is 0 Å². The third kappa shape index (κ3) is 11.6. The zero-order valence-electron chi connectivity index (χ0n) is 31.7. The molecule has 3 atom stereocenters. The first kappa shape index (κ1) is 41.4. The predicted octanol–water partition coefficient (Wildman–Crippen LogP) is 1.35. The number of carbonyl (C=O) groups is 7. The normalized spacial score (nSPS) is 20.0. The highest BCUT2D eigenvalue weighted by molar-refractivity contribution is 7.09. The molecule has 0 unspecified atom stereocenters. The molecular formula is C37H51N9O7S. The molecule has 0 saturated heterocycles. The molecule has 3 heterocycles. The number of aromatic nitrogens is 2. The molecular weight excluding hydrogens is 715 g/mol. The Balaban J connectivity index is 1.64. The van der Waals surface area contributed by atoms with Crippen LogP contribution in [0.3, 0.4) is 0 Å². The van der Waals surface area contributed by atoms with Crippen LogP contribution in [0.2, 0.25) is 0 Å². The largest absolute Gasteiger partial charge is 0.361 e. The van der Waals surface area contributed by atoms with Crippen LogP contribution in [-0.4, -0.2) is 125 Å². The number of H-pyrrole nitrogens is 1. The summed E-state index contributed by atoms with van der Waals surface area (Å²) < 4.78 is 0. The summed E-state index contributed by atoms with van der Waals surface area (Å²) >= 11 is 1.19. The lowest BCUT2D eigenvalue weighted by Crippen LogP contribution is -2.53. The summed E-state index contributed by atoms with van der Waals surface area (Å²) in [6.07, 6.45) is 2.81. The van der Waals surface area contributed by atoms with Crippen molar-refractivity contribution < 1.29 is 33.6 Å². The minimum absolute atomic E-state index is 0.0285. The van der Waals surface area contributed by atoms with Gasteiger partial charge in [-0.3, -0.25) is 33.6 Å². The van der Waals surface area contributed by atoms with E-state index in [1.807, 2.05) is 38.1 Å². The molecule has 4 rings (SSSR count). The Morgan fingerprint density at radius 3 is 2.39 bits per heavy atom. The van der Waals surface area contributed by atoms with Crippen molar-refractivity contribution in [2.45, 2.75) is 71.5 Å². The van der Waals surface area contributed by atoms with Gasteiger partial charge in [-0.25, -0.2) is 4.98 Å². The molecule has 16 nitrogen and oxygen atoms in total. The van der Waals surface area contributed by atoms with Crippen molar-refractivity contribution in [2.75, 3.05) is 46.8 Å². The van der Waals surface area contributed by atoms with Crippen LogP contribution in [0.4, 0.5) is 0 Å². The third-order valence-corrected chi connectivity index (χ3v) is 9.97. The number of para-hydroxylation sites is 1. The molecule has 54 heavy (non-hydrogen) atoms. The Morgan fingerprint density at radius 1 is 0.944 bits per heavy atom. The lowest BCUT2D eigenvalue weighted by atomic mass is 10.0. The van der Waals surface area contributed by atoms with Gasteiger partial charge in [-0.15, -0.1) is 11.3 Å². The maximum Gasteiger partial charge on any atom is 0.271 e. The van der Waals surface area contributed by atoms with Crippen LogP contribution in [0.5, 0.6) is 0 Å². The molecule has 0 fully saturated rings. The third-order valence-electron chi connectivity index (χ3n) is 9.01. The van der Waals surface area contributed by atoms with E-state index in [2.05, 4.69) is 31.2 Å². The molecule has 1 aromatic carbocycles. The van der Waals surface area contributed by atoms with Crippen molar-refractivity contribution in [3.8, 4) is 0 Å². The zero-order valence-corrected chi connectivity index (χ0v) is 32.5. The second-order valence-corrected chi connectivity index (χ2v) is 14.9. The summed E-state index contributed by atoms with van der Waals surface area (Å²) in [5.74, 6) is -3.03. The summed E-state index contributed by atoms with van der Waals surface area (Å²) in [7, 11) is 2.98. The van der Waals surface area contributed by atoms with Gasteiger partial charge < -0.3 is 41.0 Å². The van der Waals surface area contributed by atoms with E-state index >= 15 is 0 Å². The van der Waals surface area contributed by atoms with Gasteiger partial charge in [-0.2, -0.15) is 0 Å². The number of aromatic amines is 1. The second-order valence-electron chi connectivity index (χ2n) is 14.1. The van der Waals surface area contributed by atoms with E-state index in [9.17, 15) is 33.6 Å². The number of nitrogens with one attached hydrogen (secondary N) is 5. The van der Waals surface area contributed by atoms with E-state index in [1.165, 1.54) is 54.0 Å². The van der Waals surface area contributed by atoms with Gasteiger partial charge in [0.1, 0.15) is 22.8 Å². The van der Waals surface area contributed by atoms with Gasteiger partial charge in [-0.05, 0) is 37.3 Å². The second kappa shape index (κ2) is 19.1. The van der Waals surface area contributed by atoms with E-state index in [-0.39, 0.29) is 69.0 Å².